The van der Waals surface area contributed by atoms with Crippen LogP contribution < -0.4 is 16.0 Å². The first-order valence-corrected chi connectivity index (χ1v) is 8.58. The van der Waals surface area contributed by atoms with Gasteiger partial charge in [0.2, 0.25) is 5.95 Å². The van der Waals surface area contributed by atoms with Crippen molar-refractivity contribution in [2.75, 3.05) is 55.7 Å². The van der Waals surface area contributed by atoms with Gasteiger partial charge in [0.05, 0.1) is 5.69 Å². The Labute approximate surface area is 143 Å². The molecule has 0 unspecified atom stereocenters. The van der Waals surface area contributed by atoms with Gasteiger partial charge in [0.25, 0.3) is 0 Å². The van der Waals surface area contributed by atoms with E-state index in [1.54, 1.807) is 0 Å². The molecule has 3 N–H and O–H groups in total. The minimum absolute atomic E-state index is 0.300. The molecule has 0 bridgehead atoms. The zero-order valence-electron chi connectivity index (χ0n) is 14.5. The molecular formula is C18H26N6. The Balaban J connectivity index is 1.76. The van der Waals surface area contributed by atoms with Crippen LogP contribution in [0.1, 0.15) is 13.3 Å². The van der Waals surface area contributed by atoms with E-state index in [9.17, 15) is 0 Å². The van der Waals surface area contributed by atoms with Crippen LogP contribution in [0.3, 0.4) is 0 Å². The van der Waals surface area contributed by atoms with Crippen LogP contribution in [0.4, 0.5) is 17.5 Å². The standard InChI is InChI=1S/C18H26N6/c1-3-8-20-17-13-16(21-18(19)22-17)14-4-6-15(7-5-14)24-11-9-23(2)10-12-24/h4-7,13H,3,8-12H2,1-2H3,(H3,19,20,21,22). The van der Waals surface area contributed by atoms with E-state index in [0.717, 1.165) is 56.2 Å². The second-order valence-corrected chi connectivity index (χ2v) is 6.26. The highest BCUT2D eigenvalue weighted by Gasteiger charge is 2.14. The minimum Gasteiger partial charge on any atom is -0.370 e. The summed E-state index contributed by atoms with van der Waals surface area (Å²) in [5.41, 5.74) is 9.03. The molecule has 2 heterocycles. The topological polar surface area (TPSA) is 70.3 Å². The molecule has 2 aromatic rings. The van der Waals surface area contributed by atoms with E-state index < -0.39 is 0 Å². The van der Waals surface area contributed by atoms with Gasteiger partial charge < -0.3 is 20.9 Å². The molecule has 0 aliphatic carbocycles. The molecule has 0 spiro atoms. The van der Waals surface area contributed by atoms with Crippen molar-refractivity contribution in [3.05, 3.63) is 30.3 Å². The summed E-state index contributed by atoms with van der Waals surface area (Å²) in [6.07, 6.45) is 1.04. The lowest BCUT2D eigenvalue weighted by atomic mass is 10.1. The van der Waals surface area contributed by atoms with Crippen LogP contribution in [-0.4, -0.2) is 54.6 Å². The van der Waals surface area contributed by atoms with Crippen molar-refractivity contribution in [1.29, 1.82) is 0 Å². The van der Waals surface area contributed by atoms with Gasteiger partial charge >= 0.3 is 0 Å². The second-order valence-electron chi connectivity index (χ2n) is 6.26. The number of aromatic nitrogens is 2. The third-order valence-corrected chi connectivity index (χ3v) is 4.33. The average molecular weight is 326 g/mol. The van der Waals surface area contributed by atoms with Crippen LogP contribution >= 0.6 is 0 Å². The van der Waals surface area contributed by atoms with Crippen molar-refractivity contribution < 1.29 is 0 Å². The van der Waals surface area contributed by atoms with Gasteiger partial charge in [-0.15, -0.1) is 0 Å². The van der Waals surface area contributed by atoms with Crippen LogP contribution in [-0.2, 0) is 0 Å². The van der Waals surface area contributed by atoms with Crippen LogP contribution in [0, 0.1) is 0 Å². The lowest BCUT2D eigenvalue weighted by molar-refractivity contribution is 0.313. The van der Waals surface area contributed by atoms with E-state index >= 15 is 0 Å². The van der Waals surface area contributed by atoms with Crippen LogP contribution in [0.5, 0.6) is 0 Å². The Morgan fingerprint density at radius 3 is 2.46 bits per heavy atom. The van der Waals surface area contributed by atoms with E-state index in [1.807, 2.05) is 6.07 Å². The molecule has 128 valence electrons. The van der Waals surface area contributed by atoms with E-state index in [1.165, 1.54) is 5.69 Å². The van der Waals surface area contributed by atoms with Gasteiger partial charge in [-0.1, -0.05) is 19.1 Å². The van der Waals surface area contributed by atoms with Gasteiger partial charge in [0, 0.05) is 50.0 Å². The van der Waals surface area contributed by atoms with Crippen molar-refractivity contribution >= 4 is 17.5 Å². The molecule has 0 radical (unpaired) electrons. The fourth-order valence-corrected chi connectivity index (χ4v) is 2.87. The quantitative estimate of drug-likeness (QED) is 0.878. The predicted octanol–water partition coefficient (Wildman–Crippen LogP) is 2.30. The van der Waals surface area contributed by atoms with Gasteiger partial charge in [0.1, 0.15) is 5.82 Å². The normalized spacial score (nSPS) is 15.5. The molecule has 0 saturated carbocycles. The predicted molar refractivity (Wildman–Crippen MR) is 100 cm³/mol. The third kappa shape index (κ3) is 3.94. The first-order valence-electron chi connectivity index (χ1n) is 8.58. The Kier molecular flexibility index (Phi) is 5.15. The smallest absolute Gasteiger partial charge is 0.222 e. The van der Waals surface area contributed by atoms with Crippen LogP contribution in [0.15, 0.2) is 30.3 Å². The van der Waals surface area contributed by atoms with Gasteiger partial charge in [-0.05, 0) is 25.6 Å². The first kappa shape index (κ1) is 16.5. The molecule has 6 heteroatoms. The van der Waals surface area contributed by atoms with Gasteiger partial charge in [0.15, 0.2) is 0 Å². The van der Waals surface area contributed by atoms with Gasteiger partial charge in [-0.3, -0.25) is 0 Å². The number of nitrogens with zero attached hydrogens (tertiary/aromatic N) is 4. The number of nitrogens with one attached hydrogen (secondary N) is 1. The summed E-state index contributed by atoms with van der Waals surface area (Å²) >= 11 is 0. The van der Waals surface area contributed by atoms with Crippen molar-refractivity contribution in [2.45, 2.75) is 13.3 Å². The monoisotopic (exact) mass is 326 g/mol. The zero-order chi connectivity index (χ0) is 16.9. The Hall–Kier alpha value is -2.34. The maximum absolute atomic E-state index is 5.85. The number of piperazine rings is 1. The maximum Gasteiger partial charge on any atom is 0.222 e. The zero-order valence-corrected chi connectivity index (χ0v) is 14.5. The molecular weight excluding hydrogens is 300 g/mol. The Morgan fingerprint density at radius 2 is 1.79 bits per heavy atom. The lowest BCUT2D eigenvalue weighted by Crippen LogP contribution is -2.44. The van der Waals surface area contributed by atoms with Crippen molar-refractivity contribution in [3.8, 4) is 11.3 Å². The molecule has 1 aromatic heterocycles. The number of nitrogen functional groups attached to an aromatic ring is 1. The number of hydrogen-bond donors (Lipinski definition) is 2. The summed E-state index contributed by atoms with van der Waals surface area (Å²) in [5, 5.41) is 3.27. The van der Waals surface area contributed by atoms with Crippen molar-refractivity contribution in [3.63, 3.8) is 0 Å². The highest BCUT2D eigenvalue weighted by molar-refractivity contribution is 5.66. The Morgan fingerprint density at radius 1 is 1.08 bits per heavy atom. The lowest BCUT2D eigenvalue weighted by Gasteiger charge is -2.34. The first-order chi connectivity index (χ1) is 11.7. The molecule has 24 heavy (non-hydrogen) atoms. The SMILES string of the molecule is CCCNc1cc(-c2ccc(N3CCN(C)CC3)cc2)nc(N)n1. The number of hydrogen-bond acceptors (Lipinski definition) is 6. The summed E-state index contributed by atoms with van der Waals surface area (Å²) in [7, 11) is 2.17. The summed E-state index contributed by atoms with van der Waals surface area (Å²) in [4.78, 5) is 13.4. The highest BCUT2D eigenvalue weighted by Crippen LogP contribution is 2.24. The molecule has 1 aromatic carbocycles. The summed E-state index contributed by atoms with van der Waals surface area (Å²) in [6, 6.07) is 10.5. The maximum atomic E-state index is 5.85. The number of nitrogens with two attached hydrogens (primary N) is 1. The van der Waals surface area contributed by atoms with E-state index in [2.05, 4.69) is 63.3 Å². The number of anilines is 3. The number of rotatable bonds is 5. The van der Waals surface area contributed by atoms with Crippen LogP contribution in [0.25, 0.3) is 11.3 Å². The van der Waals surface area contributed by atoms with Gasteiger partial charge in [-0.2, -0.15) is 4.98 Å². The van der Waals surface area contributed by atoms with Crippen molar-refractivity contribution in [1.82, 2.24) is 14.9 Å². The number of likely N-dealkylation sites (N-methyl/N-ethyl adjacent to an activating group) is 1. The van der Waals surface area contributed by atoms with E-state index in [0.29, 0.717) is 5.95 Å². The molecule has 0 amide bonds. The van der Waals surface area contributed by atoms with Gasteiger partial charge in [-0.25, -0.2) is 4.98 Å². The second kappa shape index (κ2) is 7.49. The van der Waals surface area contributed by atoms with E-state index in [4.69, 9.17) is 5.73 Å². The molecule has 1 aliphatic heterocycles. The van der Waals surface area contributed by atoms with E-state index in [-0.39, 0.29) is 0 Å². The average Bonchev–Trinajstić information content (AvgIpc) is 2.60. The molecule has 0 atom stereocenters. The fourth-order valence-electron chi connectivity index (χ4n) is 2.87. The highest BCUT2D eigenvalue weighted by atomic mass is 15.2. The Bertz CT molecular complexity index is 662. The summed E-state index contributed by atoms with van der Waals surface area (Å²) in [6.45, 7) is 7.35. The molecule has 1 fully saturated rings. The minimum atomic E-state index is 0.300. The van der Waals surface area contributed by atoms with Crippen LogP contribution in [0.2, 0.25) is 0 Å². The third-order valence-electron chi connectivity index (χ3n) is 4.33. The van der Waals surface area contributed by atoms with Crippen molar-refractivity contribution in [2.24, 2.45) is 0 Å². The number of benzene rings is 1. The molecule has 3 rings (SSSR count). The summed E-state index contributed by atoms with van der Waals surface area (Å²) in [5.74, 6) is 1.08. The molecule has 1 saturated heterocycles. The molecule has 6 nitrogen and oxygen atoms in total. The summed E-state index contributed by atoms with van der Waals surface area (Å²) < 4.78 is 0. The molecule has 1 aliphatic rings. The largest absolute Gasteiger partial charge is 0.370 e. The fraction of sp³-hybridized carbons (Fsp3) is 0.444.